The Morgan fingerprint density at radius 3 is 3.00 bits per heavy atom. The number of nitrogens with zero attached hydrogens (tertiary/aromatic N) is 2. The van der Waals surface area contributed by atoms with Gasteiger partial charge in [-0.25, -0.2) is 4.98 Å². The van der Waals surface area contributed by atoms with Crippen LogP contribution in [0.5, 0.6) is 0 Å². The first-order valence-corrected chi connectivity index (χ1v) is 4.38. The monoisotopic (exact) mass is 177 g/mol. The molecule has 0 aliphatic heterocycles. The molecule has 0 radical (unpaired) electrons. The van der Waals surface area contributed by atoms with Gasteiger partial charge in [-0.15, -0.1) is 0 Å². The fraction of sp³-hybridized carbons (Fsp3) is 0.400. The highest BCUT2D eigenvalue weighted by Gasteiger charge is 2.08. The van der Waals surface area contributed by atoms with Crippen LogP contribution in [-0.4, -0.2) is 16.2 Å². The first kappa shape index (κ1) is 9.71. The standard InChI is InChI=1S/C10H15N3/c1-4-11-5-8(2)9(3)10-6-12-7-13-10/h4-7,9H,1-3H3,(H,12,13)/b8-5+,11-4-. The number of imidazole rings is 1. The molecule has 0 aromatic carbocycles. The van der Waals surface area contributed by atoms with Crippen LogP contribution < -0.4 is 0 Å². The normalized spacial score (nSPS) is 15.2. The molecule has 1 unspecified atom stereocenters. The Balaban J connectivity index is 2.73. The molecule has 0 saturated carbocycles. The lowest BCUT2D eigenvalue weighted by Crippen LogP contribution is -1.94. The number of allylic oxidation sites excluding steroid dienone is 1. The van der Waals surface area contributed by atoms with Gasteiger partial charge in [0, 0.05) is 24.5 Å². The van der Waals surface area contributed by atoms with Crippen molar-refractivity contribution in [2.45, 2.75) is 26.7 Å². The third-order valence-corrected chi connectivity index (χ3v) is 2.07. The topological polar surface area (TPSA) is 41.0 Å². The van der Waals surface area contributed by atoms with Crippen molar-refractivity contribution in [3.8, 4) is 0 Å². The molecule has 70 valence electrons. The Bertz CT molecular complexity index is 296. The van der Waals surface area contributed by atoms with Crippen molar-refractivity contribution in [3.05, 3.63) is 30.0 Å². The average molecular weight is 177 g/mol. The van der Waals surface area contributed by atoms with Gasteiger partial charge in [-0.3, -0.25) is 4.99 Å². The van der Waals surface area contributed by atoms with Crippen molar-refractivity contribution >= 4 is 6.21 Å². The Hall–Kier alpha value is -1.38. The molecule has 1 aromatic heterocycles. The predicted octanol–water partition coefficient (Wildman–Crippen LogP) is 2.51. The van der Waals surface area contributed by atoms with E-state index in [1.54, 1.807) is 12.5 Å². The fourth-order valence-electron chi connectivity index (χ4n) is 1.05. The van der Waals surface area contributed by atoms with E-state index in [0.717, 1.165) is 5.69 Å². The lowest BCUT2D eigenvalue weighted by atomic mass is 10.0. The number of aromatic amines is 1. The van der Waals surface area contributed by atoms with E-state index in [4.69, 9.17) is 0 Å². The second-order valence-electron chi connectivity index (χ2n) is 3.00. The van der Waals surface area contributed by atoms with Gasteiger partial charge in [0.1, 0.15) is 0 Å². The van der Waals surface area contributed by atoms with Crippen molar-refractivity contribution in [2.24, 2.45) is 4.99 Å². The molecular formula is C10H15N3. The molecule has 0 bridgehead atoms. The van der Waals surface area contributed by atoms with E-state index in [0.29, 0.717) is 5.92 Å². The Morgan fingerprint density at radius 2 is 2.46 bits per heavy atom. The van der Waals surface area contributed by atoms with Crippen molar-refractivity contribution in [1.82, 2.24) is 9.97 Å². The molecule has 1 heterocycles. The Labute approximate surface area is 78.6 Å². The summed E-state index contributed by atoms with van der Waals surface area (Å²) in [6.07, 6.45) is 7.26. The van der Waals surface area contributed by atoms with Gasteiger partial charge in [0.2, 0.25) is 0 Å². The van der Waals surface area contributed by atoms with E-state index in [9.17, 15) is 0 Å². The van der Waals surface area contributed by atoms with Crippen LogP contribution in [0.25, 0.3) is 0 Å². The van der Waals surface area contributed by atoms with Crippen LogP contribution in [0.1, 0.15) is 32.4 Å². The van der Waals surface area contributed by atoms with Crippen molar-refractivity contribution in [1.29, 1.82) is 0 Å². The van der Waals surface area contributed by atoms with Gasteiger partial charge < -0.3 is 4.98 Å². The third kappa shape index (κ3) is 2.54. The fourth-order valence-corrected chi connectivity index (χ4v) is 1.05. The van der Waals surface area contributed by atoms with Gasteiger partial charge >= 0.3 is 0 Å². The summed E-state index contributed by atoms with van der Waals surface area (Å²) in [5.41, 5.74) is 2.27. The highest BCUT2D eigenvalue weighted by Crippen LogP contribution is 2.20. The molecule has 0 amide bonds. The zero-order chi connectivity index (χ0) is 9.68. The maximum Gasteiger partial charge on any atom is 0.0923 e. The molecule has 0 aliphatic carbocycles. The Kier molecular flexibility index (Phi) is 3.43. The second-order valence-corrected chi connectivity index (χ2v) is 3.00. The van der Waals surface area contributed by atoms with Crippen molar-refractivity contribution < 1.29 is 0 Å². The van der Waals surface area contributed by atoms with E-state index in [1.807, 2.05) is 19.3 Å². The van der Waals surface area contributed by atoms with E-state index in [1.165, 1.54) is 5.57 Å². The summed E-state index contributed by atoms with van der Waals surface area (Å²) in [5.74, 6) is 0.329. The number of H-pyrrole nitrogens is 1. The second kappa shape index (κ2) is 4.60. The van der Waals surface area contributed by atoms with Crippen molar-refractivity contribution in [2.75, 3.05) is 0 Å². The van der Waals surface area contributed by atoms with Gasteiger partial charge in [-0.2, -0.15) is 0 Å². The van der Waals surface area contributed by atoms with Crippen LogP contribution in [0, 0.1) is 0 Å². The summed E-state index contributed by atoms with van der Waals surface area (Å²) in [5, 5.41) is 0. The summed E-state index contributed by atoms with van der Waals surface area (Å²) in [6.45, 7) is 6.09. The van der Waals surface area contributed by atoms with Gasteiger partial charge in [0.15, 0.2) is 0 Å². The van der Waals surface area contributed by atoms with E-state index < -0.39 is 0 Å². The molecule has 0 saturated heterocycles. The Morgan fingerprint density at radius 1 is 1.69 bits per heavy atom. The maximum absolute atomic E-state index is 4.20. The third-order valence-electron chi connectivity index (χ3n) is 2.07. The quantitative estimate of drug-likeness (QED) is 0.708. The number of aromatic nitrogens is 2. The summed E-state index contributed by atoms with van der Waals surface area (Å²) >= 11 is 0. The minimum Gasteiger partial charge on any atom is -0.351 e. The molecule has 1 rings (SSSR count). The van der Waals surface area contributed by atoms with Crippen LogP contribution in [0.3, 0.4) is 0 Å². The SMILES string of the molecule is C/C=N\C=C(/C)C(C)c1c[nH]cn1. The van der Waals surface area contributed by atoms with Crippen LogP contribution >= 0.6 is 0 Å². The van der Waals surface area contributed by atoms with Crippen LogP contribution in [-0.2, 0) is 0 Å². The zero-order valence-corrected chi connectivity index (χ0v) is 8.28. The molecular weight excluding hydrogens is 162 g/mol. The molecule has 1 N–H and O–H groups in total. The van der Waals surface area contributed by atoms with Gasteiger partial charge in [-0.05, 0) is 19.4 Å². The van der Waals surface area contributed by atoms with Crippen molar-refractivity contribution in [3.63, 3.8) is 0 Å². The van der Waals surface area contributed by atoms with Gasteiger partial charge in [-0.1, -0.05) is 6.92 Å². The lowest BCUT2D eigenvalue weighted by molar-refractivity contribution is 0.855. The number of hydrogen-bond donors (Lipinski definition) is 1. The summed E-state index contributed by atoms with van der Waals surface area (Å²) in [4.78, 5) is 11.2. The smallest absolute Gasteiger partial charge is 0.0923 e. The van der Waals surface area contributed by atoms with Gasteiger partial charge in [0.05, 0.1) is 12.0 Å². The molecule has 0 aliphatic rings. The maximum atomic E-state index is 4.20. The molecule has 1 aromatic rings. The van der Waals surface area contributed by atoms with E-state index in [-0.39, 0.29) is 0 Å². The summed E-state index contributed by atoms with van der Waals surface area (Å²) < 4.78 is 0. The summed E-state index contributed by atoms with van der Waals surface area (Å²) in [7, 11) is 0. The first-order chi connectivity index (χ1) is 6.25. The summed E-state index contributed by atoms with van der Waals surface area (Å²) in [6, 6.07) is 0. The highest BCUT2D eigenvalue weighted by molar-refractivity contribution is 5.54. The molecule has 1 atom stereocenters. The average Bonchev–Trinajstić information content (AvgIpc) is 2.65. The highest BCUT2D eigenvalue weighted by atomic mass is 14.9. The minimum absolute atomic E-state index is 0.329. The predicted molar refractivity (Wildman–Crippen MR) is 54.9 cm³/mol. The molecule has 3 heteroatoms. The molecule has 3 nitrogen and oxygen atoms in total. The number of hydrogen-bond acceptors (Lipinski definition) is 2. The largest absolute Gasteiger partial charge is 0.351 e. The van der Waals surface area contributed by atoms with Crippen LogP contribution in [0.2, 0.25) is 0 Å². The van der Waals surface area contributed by atoms with Crippen LogP contribution in [0.4, 0.5) is 0 Å². The molecule has 13 heavy (non-hydrogen) atoms. The minimum atomic E-state index is 0.329. The molecule has 0 fully saturated rings. The lowest BCUT2D eigenvalue weighted by Gasteiger charge is -2.07. The molecule has 0 spiro atoms. The number of rotatable bonds is 3. The van der Waals surface area contributed by atoms with E-state index >= 15 is 0 Å². The first-order valence-electron chi connectivity index (χ1n) is 4.38. The van der Waals surface area contributed by atoms with Gasteiger partial charge in [0.25, 0.3) is 0 Å². The number of aliphatic imine (C=N–C) groups is 1. The number of nitrogens with one attached hydrogen (secondary N) is 1. The van der Waals surface area contributed by atoms with E-state index in [2.05, 4.69) is 28.8 Å². The van der Waals surface area contributed by atoms with Crippen LogP contribution in [0.15, 0.2) is 29.3 Å². The zero-order valence-electron chi connectivity index (χ0n) is 8.28.